The topological polar surface area (TPSA) is 0 Å². The molecule has 0 nitrogen and oxygen atoms in total. The van der Waals surface area contributed by atoms with E-state index in [1.165, 1.54) is 0 Å². The van der Waals surface area contributed by atoms with Crippen LogP contribution in [0.25, 0.3) is 0 Å². The second-order valence-electron chi connectivity index (χ2n) is 2.98. The van der Waals surface area contributed by atoms with E-state index in [2.05, 4.69) is 0 Å². The normalized spacial score (nSPS) is 10.8. The van der Waals surface area contributed by atoms with E-state index in [-0.39, 0.29) is 18.7 Å². The highest BCUT2D eigenvalue weighted by Gasteiger charge is 2.07. The molecule has 0 aromatic heterocycles. The number of aryl methyl sites for hydroxylation is 2. The van der Waals surface area contributed by atoms with Crippen LogP contribution in [0.4, 0.5) is 13.2 Å². The molecule has 0 spiro atoms. The number of hydrogen-bond donors (Lipinski definition) is 0. The summed E-state index contributed by atoms with van der Waals surface area (Å²) in [6.07, 6.45) is -2.54. The molecule has 1 rings (SSSR count). The zero-order valence-corrected chi connectivity index (χ0v) is 7.36. The lowest BCUT2D eigenvalue weighted by atomic mass is 10.1. The molecular formula is C10H11F3. The molecular weight excluding hydrogens is 177 g/mol. The molecule has 0 bridgehead atoms. The Morgan fingerprint density at radius 3 is 2.62 bits per heavy atom. The first-order valence-electron chi connectivity index (χ1n) is 4.13. The van der Waals surface area contributed by atoms with Crippen molar-refractivity contribution in [1.82, 2.24) is 0 Å². The first kappa shape index (κ1) is 10.1. The molecule has 0 radical (unpaired) electrons. The Kier molecular flexibility index (Phi) is 3.34. The number of benzene rings is 1. The van der Waals surface area contributed by atoms with Crippen LogP contribution in [0.2, 0.25) is 0 Å². The van der Waals surface area contributed by atoms with Crippen LogP contribution in [0, 0.1) is 12.7 Å². The van der Waals surface area contributed by atoms with Gasteiger partial charge in [-0.15, -0.1) is 0 Å². The molecule has 0 aliphatic carbocycles. The maximum atomic E-state index is 13.2. The van der Waals surface area contributed by atoms with E-state index in [0.29, 0.717) is 11.1 Å². The quantitative estimate of drug-likeness (QED) is 0.682. The fraction of sp³-hybridized carbons (Fsp3) is 0.400. The van der Waals surface area contributed by atoms with Crippen LogP contribution in [0.1, 0.15) is 17.5 Å². The largest absolute Gasteiger partial charge is 0.239 e. The molecule has 0 atom stereocenters. The fourth-order valence-corrected chi connectivity index (χ4v) is 1.17. The van der Waals surface area contributed by atoms with Gasteiger partial charge in [0.05, 0.1) is 0 Å². The van der Waals surface area contributed by atoms with E-state index in [1.807, 2.05) is 0 Å². The summed E-state index contributed by atoms with van der Waals surface area (Å²) in [6, 6.07) is 4.85. The van der Waals surface area contributed by atoms with Crippen LogP contribution in [0.15, 0.2) is 18.2 Å². The van der Waals surface area contributed by atoms with E-state index in [1.54, 1.807) is 25.1 Å². The molecule has 0 unspecified atom stereocenters. The summed E-state index contributed by atoms with van der Waals surface area (Å²) in [5.74, 6) is -0.358. The minimum atomic E-state index is -2.36. The molecule has 1 aromatic rings. The first-order valence-corrected chi connectivity index (χ1v) is 4.13. The molecule has 0 fully saturated rings. The van der Waals surface area contributed by atoms with E-state index >= 15 is 0 Å². The molecule has 0 heterocycles. The van der Waals surface area contributed by atoms with Crippen LogP contribution in [-0.2, 0) is 6.42 Å². The van der Waals surface area contributed by atoms with E-state index < -0.39 is 6.43 Å². The predicted molar refractivity (Wildman–Crippen MR) is 45.5 cm³/mol. The highest BCUT2D eigenvalue weighted by atomic mass is 19.3. The Labute approximate surface area is 75.4 Å². The summed E-state index contributed by atoms with van der Waals surface area (Å²) in [4.78, 5) is 0. The zero-order chi connectivity index (χ0) is 9.84. The summed E-state index contributed by atoms with van der Waals surface area (Å²) >= 11 is 0. The molecule has 3 heteroatoms. The first-order chi connectivity index (χ1) is 6.11. The van der Waals surface area contributed by atoms with Crippen molar-refractivity contribution in [2.45, 2.75) is 26.2 Å². The smallest absolute Gasteiger partial charge is 0.211 e. The van der Waals surface area contributed by atoms with E-state index in [9.17, 15) is 13.2 Å². The van der Waals surface area contributed by atoms with Crippen molar-refractivity contribution in [3.8, 4) is 0 Å². The zero-order valence-electron chi connectivity index (χ0n) is 7.36. The maximum absolute atomic E-state index is 13.2. The standard InChI is InChI=1S/C10H11F3/c1-7-3-2-4-8(10(7)13)5-6-9(11)12/h2-4,9H,5-6H2,1H3. The van der Waals surface area contributed by atoms with Crippen LogP contribution < -0.4 is 0 Å². The molecule has 0 aliphatic rings. The van der Waals surface area contributed by atoms with Crippen molar-refractivity contribution in [3.63, 3.8) is 0 Å². The molecule has 1 aromatic carbocycles. The van der Waals surface area contributed by atoms with Crippen LogP contribution >= 0.6 is 0 Å². The molecule has 0 amide bonds. The SMILES string of the molecule is Cc1cccc(CCC(F)F)c1F. The number of rotatable bonds is 3. The fourth-order valence-electron chi connectivity index (χ4n) is 1.17. The van der Waals surface area contributed by atoms with Crippen molar-refractivity contribution in [2.75, 3.05) is 0 Å². The Balaban J connectivity index is 2.71. The van der Waals surface area contributed by atoms with Gasteiger partial charge in [0.15, 0.2) is 0 Å². The highest BCUT2D eigenvalue weighted by Crippen LogP contribution is 2.15. The van der Waals surface area contributed by atoms with Crippen LogP contribution in [0.5, 0.6) is 0 Å². The Morgan fingerprint density at radius 2 is 2.00 bits per heavy atom. The predicted octanol–water partition coefficient (Wildman–Crippen LogP) is 3.33. The molecule has 0 N–H and O–H groups in total. The third kappa shape index (κ3) is 2.76. The summed E-state index contributed by atoms with van der Waals surface area (Å²) in [7, 11) is 0. The minimum absolute atomic E-state index is 0.102. The number of halogens is 3. The highest BCUT2D eigenvalue weighted by molar-refractivity contribution is 5.24. The monoisotopic (exact) mass is 188 g/mol. The van der Waals surface area contributed by atoms with Crippen molar-refractivity contribution >= 4 is 0 Å². The second kappa shape index (κ2) is 4.30. The summed E-state index contributed by atoms with van der Waals surface area (Å²) in [6.45, 7) is 1.63. The second-order valence-corrected chi connectivity index (χ2v) is 2.98. The summed E-state index contributed by atoms with van der Waals surface area (Å²) < 4.78 is 36.9. The van der Waals surface area contributed by atoms with Crippen molar-refractivity contribution in [2.24, 2.45) is 0 Å². The van der Waals surface area contributed by atoms with Crippen molar-refractivity contribution < 1.29 is 13.2 Å². The Morgan fingerprint density at radius 1 is 1.31 bits per heavy atom. The minimum Gasteiger partial charge on any atom is -0.211 e. The lowest BCUT2D eigenvalue weighted by Gasteiger charge is -2.04. The lowest BCUT2D eigenvalue weighted by Crippen LogP contribution is -1.98. The number of alkyl halides is 2. The maximum Gasteiger partial charge on any atom is 0.239 e. The summed E-state index contributed by atoms with van der Waals surface area (Å²) in [5, 5.41) is 0. The molecule has 0 aliphatic heterocycles. The van der Waals surface area contributed by atoms with Gasteiger partial charge in [-0.3, -0.25) is 0 Å². The van der Waals surface area contributed by atoms with Gasteiger partial charge >= 0.3 is 0 Å². The molecule has 13 heavy (non-hydrogen) atoms. The van der Waals surface area contributed by atoms with Gasteiger partial charge in [0, 0.05) is 6.42 Å². The van der Waals surface area contributed by atoms with Gasteiger partial charge in [-0.25, -0.2) is 13.2 Å². The van der Waals surface area contributed by atoms with Gasteiger partial charge in [0.2, 0.25) is 6.43 Å². The van der Waals surface area contributed by atoms with Gasteiger partial charge in [-0.05, 0) is 24.5 Å². The average molecular weight is 188 g/mol. The van der Waals surface area contributed by atoms with Gasteiger partial charge in [0.25, 0.3) is 0 Å². The number of hydrogen-bond acceptors (Lipinski definition) is 0. The Hall–Kier alpha value is -0.990. The van der Waals surface area contributed by atoms with Gasteiger partial charge < -0.3 is 0 Å². The van der Waals surface area contributed by atoms with Crippen molar-refractivity contribution in [1.29, 1.82) is 0 Å². The van der Waals surface area contributed by atoms with Gasteiger partial charge in [-0.1, -0.05) is 18.2 Å². The molecule has 72 valence electrons. The summed E-state index contributed by atoms with van der Waals surface area (Å²) in [5.41, 5.74) is 0.882. The van der Waals surface area contributed by atoms with Crippen LogP contribution in [0.3, 0.4) is 0 Å². The third-order valence-electron chi connectivity index (χ3n) is 1.90. The van der Waals surface area contributed by atoms with Crippen LogP contribution in [-0.4, -0.2) is 6.43 Å². The average Bonchev–Trinajstić information content (AvgIpc) is 2.07. The third-order valence-corrected chi connectivity index (χ3v) is 1.90. The van der Waals surface area contributed by atoms with Crippen molar-refractivity contribution in [3.05, 3.63) is 35.1 Å². The lowest BCUT2D eigenvalue weighted by molar-refractivity contribution is 0.138. The van der Waals surface area contributed by atoms with Gasteiger partial charge in [0.1, 0.15) is 5.82 Å². The Bertz CT molecular complexity index is 281. The van der Waals surface area contributed by atoms with E-state index in [4.69, 9.17) is 0 Å². The van der Waals surface area contributed by atoms with E-state index in [0.717, 1.165) is 0 Å². The van der Waals surface area contributed by atoms with Gasteiger partial charge in [-0.2, -0.15) is 0 Å². The molecule has 0 saturated heterocycles. The molecule has 0 saturated carbocycles.